The first-order valence-electron chi connectivity index (χ1n) is 10.3. The molecular weight excluding hydrogens is 463 g/mol. The van der Waals surface area contributed by atoms with E-state index in [1.165, 1.54) is 23.8 Å². The number of carboxylic acid groups (broad SMARTS) is 1. The van der Waals surface area contributed by atoms with Gasteiger partial charge in [0.15, 0.2) is 0 Å². The van der Waals surface area contributed by atoms with Crippen molar-refractivity contribution in [2.75, 3.05) is 7.11 Å². The Labute approximate surface area is 198 Å². The molecule has 1 atom stereocenters. The van der Waals surface area contributed by atoms with Crippen LogP contribution in [-0.2, 0) is 13.0 Å². The molecule has 0 aliphatic carbocycles. The summed E-state index contributed by atoms with van der Waals surface area (Å²) >= 11 is 5.89. The number of fused-ring (bicyclic) bond motifs is 1. The number of halogens is 2. The quantitative estimate of drug-likeness (QED) is 0.409. The highest BCUT2D eigenvalue weighted by molar-refractivity contribution is 6.30. The van der Waals surface area contributed by atoms with Gasteiger partial charge in [0.05, 0.1) is 30.2 Å². The Morgan fingerprint density at radius 3 is 2.59 bits per heavy atom. The van der Waals surface area contributed by atoms with Gasteiger partial charge in [0.25, 0.3) is 0 Å². The zero-order chi connectivity index (χ0) is 24.4. The molecule has 0 saturated heterocycles. The second-order valence-electron chi connectivity index (χ2n) is 7.67. The molecule has 2 aromatic heterocycles. The number of hydrogen-bond donors (Lipinski definition) is 2. The van der Waals surface area contributed by atoms with Crippen molar-refractivity contribution < 1.29 is 24.1 Å². The lowest BCUT2D eigenvalue weighted by atomic mass is 10.0. The number of ether oxygens (including phenoxy) is 1. The molecule has 2 heterocycles. The molecule has 0 amide bonds. The number of carboxylic acids is 1. The molecule has 0 saturated carbocycles. The largest absolute Gasteiger partial charge is 0.481 e. The topological polar surface area (TPSA) is 102 Å². The van der Waals surface area contributed by atoms with E-state index in [4.69, 9.17) is 16.3 Å². The molecule has 34 heavy (non-hydrogen) atoms. The van der Waals surface area contributed by atoms with Gasteiger partial charge in [-0.3, -0.25) is 4.79 Å². The monoisotopic (exact) mass is 482 g/mol. The van der Waals surface area contributed by atoms with E-state index in [1.807, 2.05) is 6.07 Å². The van der Waals surface area contributed by atoms with Crippen LogP contribution in [0.15, 0.2) is 65.6 Å². The number of carbonyl (C=O) groups is 1. The SMILES string of the molecule is COc1nc2c(cc1Cc1cccc(Cl)c1F)c(=O)c(C(=O)O)cn2C[C@H](O)c1ccccc1. The molecule has 4 rings (SSSR count). The molecule has 4 aromatic rings. The Morgan fingerprint density at radius 1 is 1.18 bits per heavy atom. The second kappa shape index (κ2) is 9.62. The lowest BCUT2D eigenvalue weighted by molar-refractivity contribution is 0.0694. The van der Waals surface area contributed by atoms with E-state index in [0.29, 0.717) is 11.1 Å². The number of aromatic carboxylic acids is 1. The molecular formula is C25H20ClFN2O5. The fraction of sp³-hybridized carbons (Fsp3) is 0.160. The van der Waals surface area contributed by atoms with E-state index in [1.54, 1.807) is 36.4 Å². The summed E-state index contributed by atoms with van der Waals surface area (Å²) in [5.41, 5.74) is 0.186. The number of hydrogen-bond acceptors (Lipinski definition) is 5. The fourth-order valence-corrected chi connectivity index (χ4v) is 3.98. The Hall–Kier alpha value is -3.75. The van der Waals surface area contributed by atoms with Gasteiger partial charge in [-0.05, 0) is 23.3 Å². The molecule has 0 bridgehead atoms. The number of benzene rings is 2. The maximum atomic E-state index is 14.5. The van der Waals surface area contributed by atoms with Gasteiger partial charge in [-0.15, -0.1) is 0 Å². The van der Waals surface area contributed by atoms with Gasteiger partial charge >= 0.3 is 5.97 Å². The molecule has 174 valence electrons. The number of aromatic nitrogens is 2. The number of pyridine rings is 2. The Balaban J connectivity index is 1.88. The van der Waals surface area contributed by atoms with Crippen molar-refractivity contribution in [2.24, 2.45) is 0 Å². The average molecular weight is 483 g/mol. The van der Waals surface area contributed by atoms with E-state index in [-0.39, 0.29) is 40.5 Å². The van der Waals surface area contributed by atoms with Crippen molar-refractivity contribution in [3.8, 4) is 5.88 Å². The Bertz CT molecular complexity index is 1440. The van der Waals surface area contributed by atoms with Crippen LogP contribution < -0.4 is 10.2 Å². The van der Waals surface area contributed by atoms with Crippen LogP contribution in [0.25, 0.3) is 11.0 Å². The smallest absolute Gasteiger partial charge is 0.341 e. The highest BCUT2D eigenvalue weighted by atomic mass is 35.5. The van der Waals surface area contributed by atoms with E-state index in [0.717, 1.165) is 6.20 Å². The van der Waals surface area contributed by atoms with Gasteiger partial charge in [0.1, 0.15) is 17.0 Å². The molecule has 2 N–H and O–H groups in total. The lowest BCUT2D eigenvalue weighted by Gasteiger charge is -2.18. The predicted molar refractivity (Wildman–Crippen MR) is 125 cm³/mol. The molecule has 2 aromatic carbocycles. The maximum Gasteiger partial charge on any atom is 0.341 e. The van der Waals surface area contributed by atoms with Gasteiger partial charge in [-0.1, -0.05) is 54.1 Å². The summed E-state index contributed by atoms with van der Waals surface area (Å²) in [5.74, 6) is -1.88. The van der Waals surface area contributed by atoms with Crippen LogP contribution in [0, 0.1) is 5.82 Å². The van der Waals surface area contributed by atoms with Crippen molar-refractivity contribution in [3.63, 3.8) is 0 Å². The molecule has 0 fully saturated rings. The molecule has 0 unspecified atom stereocenters. The maximum absolute atomic E-state index is 14.5. The summed E-state index contributed by atoms with van der Waals surface area (Å²) in [6.45, 7) is -0.0561. The normalized spacial score (nSPS) is 12.0. The Kier molecular flexibility index (Phi) is 6.63. The fourth-order valence-electron chi connectivity index (χ4n) is 3.79. The minimum atomic E-state index is -1.41. The summed E-state index contributed by atoms with van der Waals surface area (Å²) in [4.78, 5) is 29.2. The zero-order valence-electron chi connectivity index (χ0n) is 18.0. The third-order valence-electron chi connectivity index (χ3n) is 5.48. The van der Waals surface area contributed by atoms with E-state index in [9.17, 15) is 24.2 Å². The summed E-state index contributed by atoms with van der Waals surface area (Å²) < 4.78 is 21.3. The van der Waals surface area contributed by atoms with E-state index >= 15 is 0 Å². The number of methoxy groups -OCH3 is 1. The van der Waals surface area contributed by atoms with E-state index in [2.05, 4.69) is 4.98 Å². The van der Waals surface area contributed by atoms with Crippen LogP contribution >= 0.6 is 11.6 Å². The standard InChI is InChI=1S/C25H20ClFN2O5/c1-34-24-16(10-15-8-5-9-19(26)21(15)27)11-17-22(31)18(25(32)33)12-29(23(17)28-24)13-20(30)14-6-3-2-4-7-14/h2-9,11-12,20,30H,10,13H2,1H3,(H,32,33)/t20-/m0/s1. The third kappa shape index (κ3) is 4.50. The van der Waals surface area contributed by atoms with Crippen LogP contribution in [0.5, 0.6) is 5.88 Å². The number of aliphatic hydroxyl groups excluding tert-OH is 1. The van der Waals surface area contributed by atoms with Gasteiger partial charge in [0.2, 0.25) is 11.3 Å². The molecule has 9 heteroatoms. The van der Waals surface area contributed by atoms with Crippen LogP contribution in [-0.4, -0.2) is 32.8 Å². The lowest BCUT2D eigenvalue weighted by Crippen LogP contribution is -2.22. The van der Waals surface area contributed by atoms with Gasteiger partial charge in [-0.25, -0.2) is 9.18 Å². The number of nitrogens with zero attached hydrogens (tertiary/aromatic N) is 2. The van der Waals surface area contributed by atoms with Crippen molar-refractivity contribution in [3.05, 3.63) is 104 Å². The zero-order valence-corrected chi connectivity index (χ0v) is 18.8. The molecule has 0 spiro atoms. The predicted octanol–water partition coefficient (Wildman–Crippen LogP) is 4.22. The minimum absolute atomic E-state index is 0.0124. The van der Waals surface area contributed by atoms with Crippen molar-refractivity contribution in [1.82, 2.24) is 9.55 Å². The van der Waals surface area contributed by atoms with E-state index < -0.39 is 28.9 Å². The first-order chi connectivity index (χ1) is 16.3. The van der Waals surface area contributed by atoms with Crippen molar-refractivity contribution in [2.45, 2.75) is 19.1 Å². The number of aliphatic hydroxyl groups is 1. The Morgan fingerprint density at radius 2 is 1.91 bits per heavy atom. The summed E-state index contributed by atoms with van der Waals surface area (Å²) in [5, 5.41) is 20.3. The molecule has 0 radical (unpaired) electrons. The van der Waals surface area contributed by atoms with Crippen molar-refractivity contribution in [1.29, 1.82) is 0 Å². The highest BCUT2D eigenvalue weighted by Gasteiger charge is 2.21. The second-order valence-corrected chi connectivity index (χ2v) is 8.08. The summed E-state index contributed by atoms with van der Waals surface area (Å²) in [7, 11) is 1.39. The minimum Gasteiger partial charge on any atom is -0.481 e. The molecule has 0 aliphatic rings. The summed E-state index contributed by atoms with van der Waals surface area (Å²) in [6, 6.07) is 14.8. The van der Waals surface area contributed by atoms with Crippen LogP contribution in [0.3, 0.4) is 0 Å². The first kappa shape index (κ1) is 23.4. The van der Waals surface area contributed by atoms with Crippen LogP contribution in [0.1, 0.15) is 33.2 Å². The van der Waals surface area contributed by atoms with Gasteiger partial charge in [-0.2, -0.15) is 4.98 Å². The highest BCUT2D eigenvalue weighted by Crippen LogP contribution is 2.27. The van der Waals surface area contributed by atoms with Crippen molar-refractivity contribution >= 4 is 28.6 Å². The van der Waals surface area contributed by atoms with Crippen LogP contribution in [0.4, 0.5) is 4.39 Å². The van der Waals surface area contributed by atoms with Crippen LogP contribution in [0.2, 0.25) is 5.02 Å². The summed E-state index contributed by atoms with van der Waals surface area (Å²) in [6.07, 6.45) is 0.186. The van der Waals surface area contributed by atoms with Gasteiger partial charge < -0.3 is 19.5 Å². The third-order valence-corrected chi connectivity index (χ3v) is 5.77. The molecule has 0 aliphatic heterocycles. The first-order valence-corrected chi connectivity index (χ1v) is 10.7. The van der Waals surface area contributed by atoms with Gasteiger partial charge in [0, 0.05) is 18.2 Å². The molecule has 7 nitrogen and oxygen atoms in total. The number of rotatable bonds is 7. The average Bonchev–Trinajstić information content (AvgIpc) is 2.83.